The van der Waals surface area contributed by atoms with Crippen LogP contribution in [0.25, 0.3) is 0 Å². The molecular weight excluding hydrogens is 347 g/mol. The van der Waals surface area contributed by atoms with Crippen LogP contribution >= 0.6 is 23.2 Å². The zero-order chi connectivity index (χ0) is 17.7. The number of anilines is 2. The molecule has 126 valence electrons. The summed E-state index contributed by atoms with van der Waals surface area (Å²) >= 11 is 12.0. The van der Waals surface area contributed by atoms with Gasteiger partial charge in [0.25, 0.3) is 0 Å². The van der Waals surface area contributed by atoms with Crippen LogP contribution in [0.3, 0.4) is 0 Å². The van der Waals surface area contributed by atoms with E-state index in [1.807, 2.05) is 32.0 Å². The Kier molecular flexibility index (Phi) is 6.23. The van der Waals surface area contributed by atoms with Crippen LogP contribution in [0, 0.1) is 6.92 Å². The Balaban J connectivity index is 2.04. The Labute approximate surface area is 151 Å². The second kappa shape index (κ2) is 8.18. The van der Waals surface area contributed by atoms with Crippen LogP contribution in [0.1, 0.15) is 24.5 Å². The van der Waals surface area contributed by atoms with Crippen LogP contribution < -0.4 is 10.6 Å². The molecule has 0 aliphatic carbocycles. The van der Waals surface area contributed by atoms with Gasteiger partial charge in [0, 0.05) is 5.69 Å². The van der Waals surface area contributed by atoms with Gasteiger partial charge >= 0.3 is 0 Å². The summed E-state index contributed by atoms with van der Waals surface area (Å²) in [6, 6.07) is 10.7. The van der Waals surface area contributed by atoms with Gasteiger partial charge in [-0.25, -0.2) is 0 Å². The van der Waals surface area contributed by atoms with E-state index < -0.39 is 5.91 Å². The van der Waals surface area contributed by atoms with Crippen molar-refractivity contribution in [1.82, 2.24) is 0 Å². The van der Waals surface area contributed by atoms with Crippen molar-refractivity contribution in [1.29, 1.82) is 0 Å². The number of carbonyl (C=O) groups is 2. The van der Waals surface area contributed by atoms with E-state index in [4.69, 9.17) is 23.2 Å². The van der Waals surface area contributed by atoms with Gasteiger partial charge in [-0.1, -0.05) is 54.4 Å². The first-order valence-electron chi connectivity index (χ1n) is 7.54. The molecule has 0 aliphatic rings. The largest absolute Gasteiger partial charge is 0.325 e. The number of para-hydroxylation sites is 2. The fourth-order valence-corrected chi connectivity index (χ4v) is 2.82. The minimum absolute atomic E-state index is 0.309. The number of halogens is 2. The van der Waals surface area contributed by atoms with Crippen LogP contribution in [-0.4, -0.2) is 11.8 Å². The van der Waals surface area contributed by atoms with Gasteiger partial charge in [0.15, 0.2) is 0 Å². The Morgan fingerprint density at radius 1 is 0.917 bits per heavy atom. The molecule has 0 saturated carbocycles. The molecule has 0 aliphatic heterocycles. The molecular formula is C18H18Cl2N2O2. The predicted octanol–water partition coefficient (Wildman–Crippen LogP) is 4.83. The van der Waals surface area contributed by atoms with Crippen molar-refractivity contribution in [3.8, 4) is 0 Å². The highest BCUT2D eigenvalue weighted by Gasteiger charge is 2.15. The fourth-order valence-electron chi connectivity index (χ4n) is 2.33. The van der Waals surface area contributed by atoms with Crippen molar-refractivity contribution in [2.75, 3.05) is 10.6 Å². The standard InChI is InChI=1S/C18H18Cl2N2O2/c1-3-12-7-4-6-11(2)17(12)21-15(23)10-16(24)22-18-13(19)8-5-9-14(18)20/h4-9H,3,10H2,1-2H3,(H,21,23)(H,22,24). The molecule has 2 aromatic rings. The maximum Gasteiger partial charge on any atom is 0.233 e. The lowest BCUT2D eigenvalue weighted by Gasteiger charge is -2.13. The van der Waals surface area contributed by atoms with Crippen LogP contribution in [0.5, 0.6) is 0 Å². The van der Waals surface area contributed by atoms with Gasteiger partial charge in [0.1, 0.15) is 6.42 Å². The summed E-state index contributed by atoms with van der Waals surface area (Å²) in [7, 11) is 0. The van der Waals surface area contributed by atoms with E-state index in [0.717, 1.165) is 23.2 Å². The summed E-state index contributed by atoms with van der Waals surface area (Å²) in [6.07, 6.45) is 0.470. The average molecular weight is 365 g/mol. The molecule has 0 saturated heterocycles. The van der Waals surface area contributed by atoms with E-state index in [1.54, 1.807) is 18.2 Å². The molecule has 2 aromatic carbocycles. The first-order chi connectivity index (χ1) is 11.4. The molecule has 4 nitrogen and oxygen atoms in total. The van der Waals surface area contributed by atoms with E-state index in [2.05, 4.69) is 10.6 Å². The van der Waals surface area contributed by atoms with Crippen LogP contribution in [-0.2, 0) is 16.0 Å². The molecule has 0 radical (unpaired) electrons. The lowest BCUT2D eigenvalue weighted by Crippen LogP contribution is -2.22. The minimum atomic E-state index is -0.478. The molecule has 0 atom stereocenters. The number of nitrogens with one attached hydrogen (secondary N) is 2. The zero-order valence-electron chi connectivity index (χ0n) is 13.5. The molecule has 24 heavy (non-hydrogen) atoms. The lowest BCUT2D eigenvalue weighted by molar-refractivity contribution is -0.123. The van der Waals surface area contributed by atoms with Crippen molar-refractivity contribution in [2.45, 2.75) is 26.7 Å². The molecule has 6 heteroatoms. The van der Waals surface area contributed by atoms with Gasteiger partial charge in [-0.2, -0.15) is 0 Å². The Hall–Kier alpha value is -2.04. The SMILES string of the molecule is CCc1cccc(C)c1NC(=O)CC(=O)Nc1c(Cl)cccc1Cl. The fraction of sp³-hybridized carbons (Fsp3) is 0.222. The van der Waals surface area contributed by atoms with Crippen molar-refractivity contribution < 1.29 is 9.59 Å². The van der Waals surface area contributed by atoms with Crippen molar-refractivity contribution in [3.63, 3.8) is 0 Å². The number of rotatable bonds is 5. The van der Waals surface area contributed by atoms with Crippen molar-refractivity contribution in [3.05, 3.63) is 57.6 Å². The first kappa shape index (κ1) is 18.3. The van der Waals surface area contributed by atoms with Gasteiger partial charge in [0.2, 0.25) is 11.8 Å². The van der Waals surface area contributed by atoms with Crippen LogP contribution in [0.4, 0.5) is 11.4 Å². The highest BCUT2D eigenvalue weighted by Crippen LogP contribution is 2.30. The summed E-state index contributed by atoms with van der Waals surface area (Å²) < 4.78 is 0. The third-order valence-corrected chi connectivity index (χ3v) is 4.18. The normalized spacial score (nSPS) is 10.3. The zero-order valence-corrected chi connectivity index (χ0v) is 15.0. The molecule has 0 aromatic heterocycles. The summed E-state index contributed by atoms with van der Waals surface area (Å²) in [5.74, 6) is -0.867. The lowest BCUT2D eigenvalue weighted by atomic mass is 10.1. The Bertz CT molecular complexity index is 755. The maximum absolute atomic E-state index is 12.2. The third kappa shape index (κ3) is 4.49. The summed E-state index contributed by atoms with van der Waals surface area (Å²) in [6.45, 7) is 3.93. The number of hydrogen-bond donors (Lipinski definition) is 2. The van der Waals surface area contributed by atoms with Crippen molar-refractivity contribution >= 4 is 46.4 Å². The van der Waals surface area contributed by atoms with Gasteiger partial charge < -0.3 is 10.6 Å². The third-order valence-electron chi connectivity index (χ3n) is 3.55. The molecule has 0 heterocycles. The van der Waals surface area contributed by atoms with Gasteiger partial charge in [-0.15, -0.1) is 0 Å². The molecule has 0 bridgehead atoms. The summed E-state index contributed by atoms with van der Waals surface area (Å²) in [4.78, 5) is 24.2. The maximum atomic E-state index is 12.2. The summed E-state index contributed by atoms with van der Waals surface area (Å²) in [5.41, 5.74) is 3.05. The van der Waals surface area contributed by atoms with E-state index in [1.165, 1.54) is 0 Å². The van der Waals surface area contributed by atoms with Crippen molar-refractivity contribution in [2.24, 2.45) is 0 Å². The molecule has 0 spiro atoms. The highest BCUT2D eigenvalue weighted by molar-refractivity contribution is 6.39. The molecule has 0 fully saturated rings. The van der Waals surface area contributed by atoms with Gasteiger partial charge in [-0.05, 0) is 36.6 Å². The number of benzene rings is 2. The number of carbonyl (C=O) groups excluding carboxylic acids is 2. The predicted molar refractivity (Wildman–Crippen MR) is 98.9 cm³/mol. The van der Waals surface area contributed by atoms with E-state index >= 15 is 0 Å². The minimum Gasteiger partial charge on any atom is -0.325 e. The van der Waals surface area contributed by atoms with E-state index in [-0.39, 0.29) is 12.3 Å². The topological polar surface area (TPSA) is 58.2 Å². The number of hydrogen-bond acceptors (Lipinski definition) is 2. The highest BCUT2D eigenvalue weighted by atomic mass is 35.5. The second-order valence-corrected chi connectivity index (χ2v) is 6.15. The van der Waals surface area contributed by atoms with Crippen LogP contribution in [0.15, 0.2) is 36.4 Å². The average Bonchev–Trinajstić information content (AvgIpc) is 2.53. The second-order valence-electron chi connectivity index (χ2n) is 5.33. The first-order valence-corrected chi connectivity index (χ1v) is 8.30. The molecule has 2 rings (SSSR count). The van der Waals surface area contributed by atoms with Crippen LogP contribution in [0.2, 0.25) is 10.0 Å². The Morgan fingerprint density at radius 2 is 1.46 bits per heavy atom. The molecule has 2 amide bonds. The number of amides is 2. The van der Waals surface area contributed by atoms with E-state index in [0.29, 0.717) is 15.7 Å². The quantitative estimate of drug-likeness (QED) is 0.746. The molecule has 2 N–H and O–H groups in total. The van der Waals surface area contributed by atoms with E-state index in [9.17, 15) is 9.59 Å². The summed E-state index contributed by atoms with van der Waals surface area (Å²) in [5, 5.41) is 6.03. The molecule has 0 unspecified atom stereocenters. The Morgan fingerprint density at radius 3 is 2.04 bits per heavy atom. The number of aryl methyl sites for hydroxylation is 2. The van der Waals surface area contributed by atoms with Gasteiger partial charge in [0.05, 0.1) is 15.7 Å². The monoisotopic (exact) mass is 364 g/mol. The smallest absolute Gasteiger partial charge is 0.233 e. The van der Waals surface area contributed by atoms with Gasteiger partial charge in [-0.3, -0.25) is 9.59 Å².